The Kier molecular flexibility index (Phi) is 6.91. The molecule has 2 amide bonds. The number of carbonyl (C=O) groups is 2. The van der Waals surface area contributed by atoms with E-state index in [0.29, 0.717) is 49.6 Å². The van der Waals surface area contributed by atoms with E-state index in [1.54, 1.807) is 0 Å². The fraction of sp³-hybridized carbons (Fsp3) is 0.333. The zero-order chi connectivity index (χ0) is 19.2. The molecule has 0 atom stereocenters. The highest BCUT2D eigenvalue weighted by Crippen LogP contribution is 2.15. The van der Waals surface area contributed by atoms with Gasteiger partial charge in [0.25, 0.3) is 5.91 Å². The quantitative estimate of drug-likeness (QED) is 0.694. The van der Waals surface area contributed by atoms with Crippen LogP contribution in [0.5, 0.6) is 0 Å². The van der Waals surface area contributed by atoms with Gasteiger partial charge in [-0.3, -0.25) is 9.59 Å². The molecule has 27 heavy (non-hydrogen) atoms. The van der Waals surface area contributed by atoms with Crippen LogP contribution >= 0.6 is 27.5 Å². The second-order valence-electron chi connectivity index (χ2n) is 6.66. The summed E-state index contributed by atoms with van der Waals surface area (Å²) < 4.78 is 0.951. The first kappa shape index (κ1) is 19.9. The molecular weight excluding hydrogens is 428 g/mol. The molecule has 4 nitrogen and oxygen atoms in total. The Labute approximate surface area is 173 Å². The average molecular weight is 450 g/mol. The predicted octanol–water partition coefficient (Wildman–Crippen LogP) is 4.41. The van der Waals surface area contributed by atoms with Crippen molar-refractivity contribution in [2.75, 3.05) is 26.2 Å². The average Bonchev–Trinajstić information content (AvgIpc) is 2.94. The molecule has 1 saturated heterocycles. The van der Waals surface area contributed by atoms with Gasteiger partial charge in [0.1, 0.15) is 0 Å². The second-order valence-corrected chi connectivity index (χ2v) is 8.01. The number of hydrogen-bond acceptors (Lipinski definition) is 2. The van der Waals surface area contributed by atoms with Gasteiger partial charge in [0.05, 0.1) is 0 Å². The molecule has 0 unspecified atom stereocenters. The SMILES string of the molecule is O=C(CCc1ccc(Cl)cc1)N1CCCN(C(=O)c2ccc(Br)cc2)CC1. The Morgan fingerprint density at radius 3 is 2.22 bits per heavy atom. The molecule has 1 aliphatic heterocycles. The molecule has 6 heteroatoms. The summed E-state index contributed by atoms with van der Waals surface area (Å²) in [5, 5.41) is 0.702. The van der Waals surface area contributed by atoms with Crippen LogP contribution < -0.4 is 0 Å². The van der Waals surface area contributed by atoms with Crippen molar-refractivity contribution >= 4 is 39.3 Å². The van der Waals surface area contributed by atoms with Gasteiger partial charge in [0.15, 0.2) is 0 Å². The molecule has 142 valence electrons. The molecule has 3 rings (SSSR count). The van der Waals surface area contributed by atoms with Crippen LogP contribution in [0.2, 0.25) is 5.02 Å². The van der Waals surface area contributed by atoms with Gasteiger partial charge in [-0.05, 0) is 54.8 Å². The fourth-order valence-electron chi connectivity index (χ4n) is 3.21. The number of aryl methyl sites for hydroxylation is 1. The molecule has 1 aliphatic rings. The van der Waals surface area contributed by atoms with Gasteiger partial charge >= 0.3 is 0 Å². The van der Waals surface area contributed by atoms with Gasteiger partial charge in [-0.2, -0.15) is 0 Å². The van der Waals surface area contributed by atoms with Gasteiger partial charge < -0.3 is 9.80 Å². The topological polar surface area (TPSA) is 40.6 Å². The molecule has 0 spiro atoms. The number of amides is 2. The van der Waals surface area contributed by atoms with Gasteiger partial charge in [0.2, 0.25) is 5.91 Å². The monoisotopic (exact) mass is 448 g/mol. The standard InChI is InChI=1S/C21H22BrClN2O2/c22-18-7-5-17(6-8-18)21(27)25-13-1-12-24(14-15-25)20(26)11-4-16-2-9-19(23)10-3-16/h2-3,5-10H,1,4,11-15H2. The van der Waals surface area contributed by atoms with E-state index in [0.717, 1.165) is 16.5 Å². The molecule has 0 bridgehead atoms. The van der Waals surface area contributed by atoms with E-state index in [1.165, 1.54) is 0 Å². The zero-order valence-electron chi connectivity index (χ0n) is 15.0. The van der Waals surface area contributed by atoms with Crippen LogP contribution in [0, 0.1) is 0 Å². The number of nitrogens with zero attached hydrogens (tertiary/aromatic N) is 2. The van der Waals surface area contributed by atoms with E-state index >= 15 is 0 Å². The Balaban J connectivity index is 1.52. The Morgan fingerprint density at radius 2 is 1.52 bits per heavy atom. The first-order valence-electron chi connectivity index (χ1n) is 9.10. The van der Waals surface area contributed by atoms with E-state index < -0.39 is 0 Å². The predicted molar refractivity (Wildman–Crippen MR) is 111 cm³/mol. The number of carbonyl (C=O) groups excluding carboxylic acids is 2. The lowest BCUT2D eigenvalue weighted by Crippen LogP contribution is -2.37. The lowest BCUT2D eigenvalue weighted by molar-refractivity contribution is -0.131. The van der Waals surface area contributed by atoms with Gasteiger partial charge in [0, 0.05) is 47.7 Å². The van der Waals surface area contributed by atoms with Crippen molar-refractivity contribution in [2.45, 2.75) is 19.3 Å². The third-order valence-electron chi connectivity index (χ3n) is 4.77. The van der Waals surface area contributed by atoms with Crippen molar-refractivity contribution in [3.8, 4) is 0 Å². The van der Waals surface area contributed by atoms with Gasteiger partial charge in [-0.15, -0.1) is 0 Å². The van der Waals surface area contributed by atoms with Crippen molar-refractivity contribution < 1.29 is 9.59 Å². The molecule has 1 fully saturated rings. The van der Waals surface area contributed by atoms with Gasteiger partial charge in [-0.1, -0.05) is 39.7 Å². The van der Waals surface area contributed by atoms with Crippen molar-refractivity contribution in [3.63, 3.8) is 0 Å². The maximum atomic E-state index is 12.7. The van der Waals surface area contributed by atoms with Crippen LogP contribution in [-0.4, -0.2) is 47.8 Å². The number of halogens is 2. The van der Waals surface area contributed by atoms with Crippen LogP contribution in [0.4, 0.5) is 0 Å². The highest BCUT2D eigenvalue weighted by molar-refractivity contribution is 9.10. The molecular formula is C21H22BrClN2O2. The normalized spacial score (nSPS) is 14.7. The van der Waals surface area contributed by atoms with E-state index in [-0.39, 0.29) is 11.8 Å². The zero-order valence-corrected chi connectivity index (χ0v) is 17.4. The van der Waals surface area contributed by atoms with E-state index in [4.69, 9.17) is 11.6 Å². The first-order chi connectivity index (χ1) is 13.0. The van der Waals surface area contributed by atoms with Crippen molar-refractivity contribution in [3.05, 3.63) is 69.2 Å². The molecule has 1 heterocycles. The van der Waals surface area contributed by atoms with Crippen LogP contribution in [0.25, 0.3) is 0 Å². The summed E-state index contributed by atoms with van der Waals surface area (Å²) in [4.78, 5) is 29.0. The first-order valence-corrected chi connectivity index (χ1v) is 10.3. The van der Waals surface area contributed by atoms with Gasteiger partial charge in [-0.25, -0.2) is 0 Å². The van der Waals surface area contributed by atoms with Crippen LogP contribution in [0.15, 0.2) is 53.0 Å². The second kappa shape index (κ2) is 9.38. The van der Waals surface area contributed by atoms with Crippen molar-refractivity contribution in [1.82, 2.24) is 9.80 Å². The summed E-state index contributed by atoms with van der Waals surface area (Å²) in [5.74, 6) is 0.167. The molecule has 2 aromatic carbocycles. The van der Waals surface area contributed by atoms with Crippen LogP contribution in [0.1, 0.15) is 28.8 Å². The third kappa shape index (κ3) is 5.56. The highest BCUT2D eigenvalue weighted by atomic mass is 79.9. The molecule has 0 radical (unpaired) electrons. The Morgan fingerprint density at radius 1 is 0.889 bits per heavy atom. The molecule has 0 aliphatic carbocycles. The summed E-state index contributed by atoms with van der Waals surface area (Å²) in [6.45, 7) is 2.53. The maximum absolute atomic E-state index is 12.7. The summed E-state index contributed by atoms with van der Waals surface area (Å²) in [6.07, 6.45) is 1.98. The number of hydrogen-bond donors (Lipinski definition) is 0. The van der Waals surface area contributed by atoms with E-state index in [2.05, 4.69) is 15.9 Å². The highest BCUT2D eigenvalue weighted by Gasteiger charge is 2.22. The summed E-state index contributed by atoms with van der Waals surface area (Å²) in [6, 6.07) is 15.0. The largest absolute Gasteiger partial charge is 0.341 e. The molecule has 2 aromatic rings. The molecule has 0 N–H and O–H groups in total. The summed E-state index contributed by atoms with van der Waals surface area (Å²) >= 11 is 9.28. The minimum absolute atomic E-state index is 0.0259. The minimum atomic E-state index is 0.0259. The molecule has 0 aromatic heterocycles. The lowest BCUT2D eigenvalue weighted by atomic mass is 10.1. The summed E-state index contributed by atoms with van der Waals surface area (Å²) in [7, 11) is 0. The smallest absolute Gasteiger partial charge is 0.253 e. The van der Waals surface area contributed by atoms with Crippen molar-refractivity contribution in [1.29, 1.82) is 0 Å². The Hall–Kier alpha value is -1.85. The van der Waals surface area contributed by atoms with Crippen LogP contribution in [-0.2, 0) is 11.2 Å². The van der Waals surface area contributed by atoms with E-state index in [1.807, 2.05) is 58.3 Å². The fourth-order valence-corrected chi connectivity index (χ4v) is 3.60. The Bertz CT molecular complexity index is 793. The number of rotatable bonds is 4. The van der Waals surface area contributed by atoms with Crippen LogP contribution in [0.3, 0.4) is 0 Å². The lowest BCUT2D eigenvalue weighted by Gasteiger charge is -2.22. The third-order valence-corrected chi connectivity index (χ3v) is 5.55. The minimum Gasteiger partial charge on any atom is -0.341 e. The van der Waals surface area contributed by atoms with Crippen molar-refractivity contribution in [2.24, 2.45) is 0 Å². The van der Waals surface area contributed by atoms with E-state index in [9.17, 15) is 9.59 Å². The number of benzene rings is 2. The summed E-state index contributed by atoms with van der Waals surface area (Å²) in [5.41, 5.74) is 1.79. The maximum Gasteiger partial charge on any atom is 0.253 e. The molecule has 0 saturated carbocycles.